The molecule has 1 aliphatic rings. The van der Waals surface area contributed by atoms with Crippen LogP contribution in [0.1, 0.15) is 0 Å². The summed E-state index contributed by atoms with van der Waals surface area (Å²) in [6.45, 7) is 2.84. The van der Waals surface area contributed by atoms with Crippen molar-refractivity contribution in [2.24, 2.45) is 0 Å². The van der Waals surface area contributed by atoms with Crippen LogP contribution in [0.4, 0.5) is 9.59 Å². The van der Waals surface area contributed by atoms with Gasteiger partial charge in [-0.15, -0.1) is 23.2 Å². The van der Waals surface area contributed by atoms with Crippen LogP contribution in [0.15, 0.2) is 0 Å². The molecule has 1 fully saturated rings. The van der Waals surface area contributed by atoms with E-state index in [9.17, 15) is 9.59 Å². The van der Waals surface area contributed by atoms with E-state index in [2.05, 4.69) is 16.0 Å². The first-order chi connectivity index (χ1) is 8.67. The molecule has 6 nitrogen and oxygen atoms in total. The molecule has 1 rings (SSSR count). The maximum atomic E-state index is 12.2. The van der Waals surface area contributed by atoms with E-state index in [1.165, 1.54) is 0 Å². The Bertz CT molecular complexity index is 274. The summed E-state index contributed by atoms with van der Waals surface area (Å²) in [6.07, 6.45) is 0. The van der Waals surface area contributed by atoms with E-state index in [0.29, 0.717) is 51.0 Å². The van der Waals surface area contributed by atoms with E-state index in [4.69, 9.17) is 23.2 Å². The maximum Gasteiger partial charge on any atom is 0.425 e. The second-order valence-electron chi connectivity index (χ2n) is 4.01. The number of urea groups is 2. The minimum atomic E-state index is -0.302. The summed E-state index contributed by atoms with van der Waals surface area (Å²) in [5, 5.41) is 8.49. The topological polar surface area (TPSA) is 70.2 Å². The van der Waals surface area contributed by atoms with E-state index in [0.717, 1.165) is 0 Å². The lowest BCUT2D eigenvalue weighted by Crippen LogP contribution is -2.69. The number of amides is 4. The fourth-order valence-corrected chi connectivity index (χ4v) is 2.08. The molecule has 1 saturated heterocycles. The molecule has 18 heavy (non-hydrogen) atoms. The van der Waals surface area contributed by atoms with Crippen molar-refractivity contribution in [2.75, 3.05) is 51.0 Å². The molecule has 0 bridgehead atoms. The molecule has 0 aliphatic carbocycles. The molecule has 0 aromatic rings. The molecule has 0 saturated carbocycles. The quantitative estimate of drug-likeness (QED) is 0.516. The third-order valence-electron chi connectivity index (χ3n) is 2.86. The predicted molar refractivity (Wildman–Crippen MR) is 71.1 cm³/mol. The summed E-state index contributed by atoms with van der Waals surface area (Å²) in [5.74, 6) is 0.653. The first-order valence-corrected chi connectivity index (χ1v) is 7.01. The highest BCUT2D eigenvalue weighted by Gasteiger charge is 2.45. The van der Waals surface area contributed by atoms with Gasteiger partial charge in [0.1, 0.15) is 13.1 Å². The summed E-state index contributed by atoms with van der Waals surface area (Å²) >= 11 is 11.1. The molecule has 8 heteroatoms. The average molecular weight is 298 g/mol. The van der Waals surface area contributed by atoms with Crippen LogP contribution in [0.2, 0.25) is 0 Å². The van der Waals surface area contributed by atoms with Crippen LogP contribution in [0, 0.1) is 0 Å². The van der Waals surface area contributed by atoms with Crippen molar-refractivity contribution in [3.05, 3.63) is 0 Å². The first kappa shape index (κ1) is 15.5. The van der Waals surface area contributed by atoms with Gasteiger partial charge in [0.05, 0.1) is 0 Å². The van der Waals surface area contributed by atoms with Gasteiger partial charge < -0.3 is 16.0 Å². The average Bonchev–Trinajstić information content (AvgIpc) is 2.42. The number of alkyl halides is 2. The van der Waals surface area contributed by atoms with Crippen molar-refractivity contribution >= 4 is 35.3 Å². The van der Waals surface area contributed by atoms with E-state index in [1.807, 2.05) is 0 Å². The van der Waals surface area contributed by atoms with Crippen molar-refractivity contribution in [3.63, 3.8) is 0 Å². The summed E-state index contributed by atoms with van der Waals surface area (Å²) in [5.41, 5.74) is 0. The molecule has 3 N–H and O–H groups in total. The zero-order valence-electron chi connectivity index (χ0n) is 10.2. The van der Waals surface area contributed by atoms with Crippen LogP contribution in [0.5, 0.6) is 0 Å². The minimum Gasteiger partial charge on any atom is -0.306 e. The van der Waals surface area contributed by atoms with E-state index >= 15 is 0 Å². The molecule has 0 radical (unpaired) electrons. The first-order valence-electron chi connectivity index (χ1n) is 5.94. The van der Waals surface area contributed by atoms with Gasteiger partial charge in [-0.2, -0.15) is 4.48 Å². The van der Waals surface area contributed by atoms with Crippen LogP contribution < -0.4 is 16.0 Å². The normalized spacial score (nSPS) is 18.1. The molecular formula is C10H19Cl2N4O2+. The lowest BCUT2D eigenvalue weighted by Gasteiger charge is -2.35. The number of nitrogens with one attached hydrogen (secondary N) is 3. The van der Waals surface area contributed by atoms with E-state index in [-0.39, 0.29) is 16.5 Å². The van der Waals surface area contributed by atoms with Crippen molar-refractivity contribution in [2.45, 2.75) is 0 Å². The van der Waals surface area contributed by atoms with Crippen LogP contribution in [-0.2, 0) is 0 Å². The highest BCUT2D eigenvalue weighted by Crippen LogP contribution is 2.11. The summed E-state index contributed by atoms with van der Waals surface area (Å²) in [4.78, 5) is 24.3. The molecule has 0 atom stereocenters. The number of carbonyl (C=O) groups is 2. The third-order valence-corrected chi connectivity index (χ3v) is 3.24. The lowest BCUT2D eigenvalue weighted by molar-refractivity contribution is -0.771. The molecule has 0 aromatic heterocycles. The van der Waals surface area contributed by atoms with Crippen molar-refractivity contribution in [3.8, 4) is 0 Å². The van der Waals surface area contributed by atoms with Gasteiger partial charge in [0.15, 0.2) is 0 Å². The molecule has 1 heterocycles. The second kappa shape index (κ2) is 7.78. The molecule has 0 unspecified atom stereocenters. The predicted octanol–water partition coefficient (Wildman–Crippen LogP) is 0.303. The van der Waals surface area contributed by atoms with Crippen LogP contribution in [-0.4, -0.2) is 67.6 Å². The molecule has 104 valence electrons. The number of halogens is 2. The minimum absolute atomic E-state index is 0.235. The standard InChI is InChI=1S/C10H18Cl2N4O2/c11-1-3-14-9(17)16(7-5-13-6-8-16)10(18)15-4-2-12/h13H,1-8H2,(H-,14,15,17,18)/p+1. The van der Waals surface area contributed by atoms with E-state index in [1.54, 1.807) is 0 Å². The summed E-state index contributed by atoms with van der Waals surface area (Å²) in [7, 11) is 0. The fourth-order valence-electron chi connectivity index (χ4n) is 1.89. The summed E-state index contributed by atoms with van der Waals surface area (Å²) in [6, 6.07) is -0.603. The van der Waals surface area contributed by atoms with Crippen LogP contribution in [0.25, 0.3) is 0 Å². The molecular weight excluding hydrogens is 279 g/mol. The van der Waals surface area contributed by atoms with Gasteiger partial charge in [0.25, 0.3) is 0 Å². The summed E-state index contributed by atoms with van der Waals surface area (Å²) < 4.78 is -0.235. The number of carbonyl (C=O) groups excluding carboxylic acids is 2. The van der Waals surface area contributed by atoms with E-state index < -0.39 is 0 Å². The Kier molecular flexibility index (Phi) is 6.70. The SMILES string of the molecule is O=C(NCCCl)[N+]1(C(=O)NCCCl)CCNCC1. The fraction of sp³-hybridized carbons (Fsp3) is 0.800. The third kappa shape index (κ3) is 3.71. The molecule has 0 spiro atoms. The molecule has 1 aliphatic heterocycles. The Morgan fingerprint density at radius 2 is 1.44 bits per heavy atom. The Morgan fingerprint density at radius 1 is 1.00 bits per heavy atom. The lowest BCUT2D eigenvalue weighted by atomic mass is 10.3. The number of hydrogen-bond donors (Lipinski definition) is 3. The monoisotopic (exact) mass is 297 g/mol. The van der Waals surface area contributed by atoms with Crippen LogP contribution >= 0.6 is 23.2 Å². The highest BCUT2D eigenvalue weighted by atomic mass is 35.5. The zero-order valence-corrected chi connectivity index (χ0v) is 11.7. The van der Waals surface area contributed by atoms with Gasteiger partial charge >= 0.3 is 12.1 Å². The van der Waals surface area contributed by atoms with Gasteiger partial charge in [-0.1, -0.05) is 0 Å². The number of piperazine rings is 1. The second-order valence-corrected chi connectivity index (χ2v) is 4.76. The van der Waals surface area contributed by atoms with Gasteiger partial charge in [0.2, 0.25) is 0 Å². The Balaban J connectivity index is 2.73. The van der Waals surface area contributed by atoms with Gasteiger partial charge in [0, 0.05) is 37.9 Å². The van der Waals surface area contributed by atoms with Gasteiger partial charge in [-0.25, -0.2) is 9.59 Å². The Labute approximate surface area is 117 Å². The molecule has 0 aromatic carbocycles. The zero-order chi connectivity index (χ0) is 13.4. The number of hydrogen-bond acceptors (Lipinski definition) is 3. The Morgan fingerprint density at radius 3 is 1.83 bits per heavy atom. The van der Waals surface area contributed by atoms with Gasteiger partial charge in [-0.3, -0.25) is 0 Å². The molecule has 4 amide bonds. The number of rotatable bonds is 4. The van der Waals surface area contributed by atoms with Crippen molar-refractivity contribution < 1.29 is 14.1 Å². The van der Waals surface area contributed by atoms with Gasteiger partial charge in [-0.05, 0) is 0 Å². The highest BCUT2D eigenvalue weighted by molar-refractivity contribution is 6.18. The number of imide groups is 1. The largest absolute Gasteiger partial charge is 0.425 e. The van der Waals surface area contributed by atoms with Crippen molar-refractivity contribution in [1.82, 2.24) is 16.0 Å². The maximum absolute atomic E-state index is 12.2. The number of nitrogens with zero attached hydrogens (tertiary/aromatic N) is 1. The smallest absolute Gasteiger partial charge is 0.306 e. The van der Waals surface area contributed by atoms with Crippen molar-refractivity contribution in [1.29, 1.82) is 0 Å². The Hall–Kier alpha value is -0.560. The van der Waals surface area contributed by atoms with Crippen LogP contribution in [0.3, 0.4) is 0 Å². The number of quaternary nitrogens is 1.